The molecular formula is C21H22ClN7. The highest BCUT2D eigenvalue weighted by molar-refractivity contribution is 6.30. The maximum absolute atomic E-state index is 6.34. The number of imidazole rings is 1. The molecule has 7 nitrogen and oxygen atoms in total. The highest BCUT2D eigenvalue weighted by Crippen LogP contribution is 2.40. The number of nitrogens with zero attached hydrogens (tertiary/aromatic N) is 4. The molecule has 3 aromatic rings. The van der Waals surface area contributed by atoms with Crippen LogP contribution in [0.3, 0.4) is 0 Å². The van der Waals surface area contributed by atoms with E-state index < -0.39 is 5.66 Å². The van der Waals surface area contributed by atoms with Crippen molar-refractivity contribution in [1.82, 2.24) is 9.97 Å². The van der Waals surface area contributed by atoms with Crippen LogP contribution in [0.2, 0.25) is 5.02 Å². The van der Waals surface area contributed by atoms with Gasteiger partial charge in [-0.2, -0.15) is 4.99 Å². The largest absolute Gasteiger partial charge is 0.369 e. The first-order valence-electron chi connectivity index (χ1n) is 9.80. The fourth-order valence-corrected chi connectivity index (χ4v) is 4.50. The number of hydrogen-bond acceptors (Lipinski definition) is 6. The molecule has 1 aromatic heterocycles. The van der Waals surface area contributed by atoms with Gasteiger partial charge in [0.05, 0.1) is 11.0 Å². The molecule has 2 aromatic carbocycles. The van der Waals surface area contributed by atoms with Crippen LogP contribution in [0.5, 0.6) is 0 Å². The van der Waals surface area contributed by atoms with Crippen LogP contribution in [0.25, 0.3) is 22.4 Å². The standard InChI is InChI=1S/C21H22ClN7/c22-14-6-4-13(5-7-14)18-25-16-9-8-15(12-17(16)26-18)29-20(24)27-19(23)28-21(29)10-2-1-3-11-21/h4-9,12H,1-3,10-11H2,(H,25,26)(H4,23,24,27,28). The van der Waals surface area contributed by atoms with Crippen LogP contribution in [-0.4, -0.2) is 27.5 Å². The predicted octanol–water partition coefficient (Wildman–Crippen LogP) is 3.99. The summed E-state index contributed by atoms with van der Waals surface area (Å²) < 4.78 is 0. The maximum atomic E-state index is 6.34. The lowest BCUT2D eigenvalue weighted by Crippen LogP contribution is -2.58. The molecule has 0 amide bonds. The van der Waals surface area contributed by atoms with Gasteiger partial charge in [-0.15, -0.1) is 0 Å². The molecule has 8 heteroatoms. The molecule has 148 valence electrons. The quantitative estimate of drug-likeness (QED) is 0.596. The summed E-state index contributed by atoms with van der Waals surface area (Å²) in [5.41, 5.74) is 15.6. The summed E-state index contributed by atoms with van der Waals surface area (Å²) in [6, 6.07) is 13.7. The lowest BCUT2D eigenvalue weighted by molar-refractivity contribution is 0.305. The van der Waals surface area contributed by atoms with E-state index in [4.69, 9.17) is 33.0 Å². The van der Waals surface area contributed by atoms with E-state index in [9.17, 15) is 0 Å². The van der Waals surface area contributed by atoms with Gasteiger partial charge in [0.1, 0.15) is 11.5 Å². The third-order valence-electron chi connectivity index (χ3n) is 5.69. The van der Waals surface area contributed by atoms with Crippen molar-refractivity contribution in [3.8, 4) is 11.4 Å². The molecule has 2 aliphatic rings. The second kappa shape index (κ2) is 6.77. The molecule has 0 atom stereocenters. The number of halogens is 1. The number of guanidine groups is 2. The summed E-state index contributed by atoms with van der Waals surface area (Å²) in [5.74, 6) is 1.44. The van der Waals surface area contributed by atoms with Gasteiger partial charge < -0.3 is 16.5 Å². The zero-order valence-corrected chi connectivity index (χ0v) is 16.7. The van der Waals surface area contributed by atoms with Crippen LogP contribution < -0.4 is 16.4 Å². The van der Waals surface area contributed by atoms with E-state index in [0.717, 1.165) is 53.8 Å². The Bertz CT molecular complexity index is 1120. The summed E-state index contributed by atoms with van der Waals surface area (Å²) in [7, 11) is 0. The van der Waals surface area contributed by atoms with E-state index in [-0.39, 0.29) is 5.96 Å². The fourth-order valence-electron chi connectivity index (χ4n) is 4.38. The molecule has 1 aliphatic heterocycles. The van der Waals surface area contributed by atoms with Crippen molar-refractivity contribution in [2.45, 2.75) is 37.8 Å². The Labute approximate surface area is 173 Å². The number of H-pyrrole nitrogens is 1. The Balaban J connectivity index is 1.57. The number of aromatic nitrogens is 2. The molecule has 0 saturated heterocycles. The first-order chi connectivity index (χ1) is 14.0. The molecule has 0 bridgehead atoms. The summed E-state index contributed by atoms with van der Waals surface area (Å²) in [5, 5.41) is 0.699. The van der Waals surface area contributed by atoms with Gasteiger partial charge >= 0.3 is 0 Å². The Morgan fingerprint density at radius 1 is 1.00 bits per heavy atom. The van der Waals surface area contributed by atoms with Gasteiger partial charge in [-0.3, -0.25) is 4.90 Å². The minimum absolute atomic E-state index is 0.258. The summed E-state index contributed by atoms with van der Waals surface area (Å²) in [6.45, 7) is 0. The lowest BCUT2D eigenvalue weighted by Gasteiger charge is -2.45. The molecule has 2 heterocycles. The van der Waals surface area contributed by atoms with Gasteiger partial charge in [0, 0.05) is 16.3 Å². The topological polar surface area (TPSA) is 109 Å². The van der Waals surface area contributed by atoms with Crippen molar-refractivity contribution in [3.05, 3.63) is 47.5 Å². The molecule has 0 radical (unpaired) electrons. The predicted molar refractivity (Wildman–Crippen MR) is 118 cm³/mol. The Morgan fingerprint density at radius 3 is 2.52 bits per heavy atom. The van der Waals surface area contributed by atoms with Gasteiger partial charge in [-0.1, -0.05) is 18.0 Å². The number of hydrogen-bond donors (Lipinski definition) is 3. The second-order valence-corrected chi connectivity index (χ2v) is 8.05. The van der Waals surface area contributed by atoms with Gasteiger partial charge in [-0.25, -0.2) is 9.98 Å². The van der Waals surface area contributed by atoms with Crippen molar-refractivity contribution in [2.24, 2.45) is 21.5 Å². The number of rotatable bonds is 2. The molecule has 29 heavy (non-hydrogen) atoms. The SMILES string of the molecule is NC1=NC2(CCCCC2)N(c2ccc3nc(-c4ccc(Cl)cc4)[nH]c3c2)C(N)=N1. The summed E-state index contributed by atoms with van der Waals surface area (Å²) >= 11 is 6.00. The van der Waals surface area contributed by atoms with Crippen molar-refractivity contribution in [1.29, 1.82) is 0 Å². The number of aliphatic imine (C=N–C) groups is 2. The fraction of sp³-hybridized carbons (Fsp3) is 0.286. The van der Waals surface area contributed by atoms with E-state index in [2.05, 4.69) is 16.0 Å². The van der Waals surface area contributed by atoms with Gasteiger partial charge in [0.25, 0.3) is 0 Å². The third-order valence-corrected chi connectivity index (χ3v) is 5.94. The van der Waals surface area contributed by atoms with Crippen LogP contribution >= 0.6 is 11.6 Å². The highest BCUT2D eigenvalue weighted by atomic mass is 35.5. The molecule has 1 saturated carbocycles. The summed E-state index contributed by atoms with van der Waals surface area (Å²) in [6.07, 6.45) is 5.19. The van der Waals surface area contributed by atoms with E-state index in [1.807, 2.05) is 41.3 Å². The maximum Gasteiger partial charge on any atom is 0.220 e. The van der Waals surface area contributed by atoms with Gasteiger partial charge in [-0.05, 0) is 68.1 Å². The number of nitrogens with two attached hydrogens (primary N) is 2. The highest BCUT2D eigenvalue weighted by Gasteiger charge is 2.42. The average Bonchev–Trinajstić information content (AvgIpc) is 3.12. The van der Waals surface area contributed by atoms with Crippen LogP contribution in [-0.2, 0) is 0 Å². The Morgan fingerprint density at radius 2 is 1.76 bits per heavy atom. The molecule has 5 rings (SSSR count). The molecule has 0 unspecified atom stereocenters. The van der Waals surface area contributed by atoms with E-state index in [0.29, 0.717) is 11.0 Å². The van der Waals surface area contributed by atoms with Crippen LogP contribution in [0.15, 0.2) is 52.4 Å². The van der Waals surface area contributed by atoms with Gasteiger partial charge in [0.15, 0.2) is 0 Å². The van der Waals surface area contributed by atoms with Gasteiger partial charge in [0.2, 0.25) is 11.9 Å². The number of fused-ring (bicyclic) bond motifs is 1. The molecular weight excluding hydrogens is 386 g/mol. The first-order valence-corrected chi connectivity index (χ1v) is 10.2. The molecule has 1 aliphatic carbocycles. The zero-order chi connectivity index (χ0) is 20.0. The normalized spacial score (nSPS) is 18.7. The second-order valence-electron chi connectivity index (χ2n) is 7.61. The van der Waals surface area contributed by atoms with E-state index >= 15 is 0 Å². The number of nitrogens with one attached hydrogen (secondary N) is 1. The van der Waals surface area contributed by atoms with Crippen molar-refractivity contribution in [2.75, 3.05) is 4.90 Å². The minimum atomic E-state index is -0.457. The van der Waals surface area contributed by atoms with E-state index in [1.165, 1.54) is 6.42 Å². The Hall–Kier alpha value is -3.06. The smallest absolute Gasteiger partial charge is 0.220 e. The van der Waals surface area contributed by atoms with Crippen LogP contribution in [0, 0.1) is 0 Å². The number of aromatic amines is 1. The number of anilines is 1. The molecule has 1 fully saturated rings. The summed E-state index contributed by atoms with van der Waals surface area (Å²) in [4.78, 5) is 19.1. The number of benzene rings is 2. The van der Waals surface area contributed by atoms with Crippen LogP contribution in [0.4, 0.5) is 5.69 Å². The third kappa shape index (κ3) is 3.11. The Kier molecular flexibility index (Phi) is 4.20. The average molecular weight is 408 g/mol. The monoisotopic (exact) mass is 407 g/mol. The zero-order valence-electron chi connectivity index (χ0n) is 15.9. The molecule has 1 spiro atoms. The minimum Gasteiger partial charge on any atom is -0.369 e. The van der Waals surface area contributed by atoms with Crippen molar-refractivity contribution in [3.63, 3.8) is 0 Å². The first kappa shape index (κ1) is 18.0. The van der Waals surface area contributed by atoms with E-state index in [1.54, 1.807) is 0 Å². The molecule has 5 N–H and O–H groups in total. The van der Waals surface area contributed by atoms with Crippen molar-refractivity contribution >= 4 is 40.2 Å². The lowest BCUT2D eigenvalue weighted by atomic mass is 9.87. The van der Waals surface area contributed by atoms with Crippen molar-refractivity contribution < 1.29 is 0 Å². The van der Waals surface area contributed by atoms with Crippen LogP contribution in [0.1, 0.15) is 32.1 Å².